The monoisotopic (exact) mass is 436 g/mol. The first-order valence-electron chi connectivity index (χ1n) is 9.51. The van der Waals surface area contributed by atoms with Crippen molar-refractivity contribution in [1.29, 1.82) is 0 Å². The minimum Gasteiger partial charge on any atom is -0.497 e. The number of rotatable bonds is 7. The highest BCUT2D eigenvalue weighted by Crippen LogP contribution is 2.29. The Balaban J connectivity index is 1.57. The summed E-state index contributed by atoms with van der Waals surface area (Å²) in [5.74, 6) is 1.22. The lowest BCUT2D eigenvalue weighted by molar-refractivity contribution is -0.116. The third-order valence-electron chi connectivity index (χ3n) is 4.71. The van der Waals surface area contributed by atoms with Crippen LogP contribution in [0.25, 0.3) is 16.9 Å². The summed E-state index contributed by atoms with van der Waals surface area (Å²) in [4.78, 5) is 29.6. The van der Waals surface area contributed by atoms with Crippen molar-refractivity contribution in [3.05, 3.63) is 59.1 Å². The van der Waals surface area contributed by atoms with Gasteiger partial charge in [-0.05, 0) is 24.3 Å². The molecule has 32 heavy (non-hydrogen) atoms. The minimum atomic E-state index is -0.480. The third kappa shape index (κ3) is 3.95. The summed E-state index contributed by atoms with van der Waals surface area (Å²) >= 11 is 0. The van der Waals surface area contributed by atoms with E-state index in [1.807, 2.05) is 0 Å². The molecular formula is C21H20N6O5. The smallest absolute Gasteiger partial charge is 0.284 e. The lowest BCUT2D eigenvalue weighted by Gasteiger charge is -2.11. The van der Waals surface area contributed by atoms with Gasteiger partial charge in [-0.25, -0.2) is 4.98 Å². The van der Waals surface area contributed by atoms with Crippen LogP contribution >= 0.6 is 0 Å². The summed E-state index contributed by atoms with van der Waals surface area (Å²) in [5, 5.41) is 10.7. The van der Waals surface area contributed by atoms with Gasteiger partial charge in [0, 0.05) is 17.8 Å². The lowest BCUT2D eigenvalue weighted by atomic mass is 10.2. The van der Waals surface area contributed by atoms with E-state index in [0.717, 1.165) is 0 Å². The highest BCUT2D eigenvalue weighted by Gasteiger charge is 2.15. The molecule has 2 aromatic heterocycles. The second-order valence-electron chi connectivity index (χ2n) is 6.67. The number of aromatic nitrogens is 5. The first-order valence-corrected chi connectivity index (χ1v) is 9.51. The highest BCUT2D eigenvalue weighted by atomic mass is 16.5. The molecule has 1 amide bonds. The van der Waals surface area contributed by atoms with Crippen molar-refractivity contribution in [3.63, 3.8) is 0 Å². The van der Waals surface area contributed by atoms with Gasteiger partial charge in [-0.3, -0.25) is 14.2 Å². The van der Waals surface area contributed by atoms with Crippen LogP contribution in [0.5, 0.6) is 17.2 Å². The molecule has 0 unspecified atom stereocenters. The zero-order valence-corrected chi connectivity index (χ0v) is 17.6. The number of hydrogen-bond donors (Lipinski definition) is 1. The van der Waals surface area contributed by atoms with Gasteiger partial charge >= 0.3 is 0 Å². The Hall–Kier alpha value is -4.41. The molecule has 164 valence electrons. The largest absolute Gasteiger partial charge is 0.497 e. The maximum Gasteiger partial charge on any atom is 0.284 e. The van der Waals surface area contributed by atoms with Crippen LogP contribution in [0.1, 0.15) is 0 Å². The Bertz CT molecular complexity index is 1350. The number of nitrogens with one attached hydrogen (secondary N) is 1. The summed E-state index contributed by atoms with van der Waals surface area (Å²) in [6.45, 7) is -0.248. The standard InChI is InChI=1S/C21H20N6O5/c1-30-15-6-4-5-14(10-15)27-20-19(24-25-27)21(29)26(12-22-20)11-18(28)23-13-7-8-16(31-2)17(9-13)32-3/h4-10,12H,11H2,1-3H3,(H,23,28). The number of nitrogens with zero attached hydrogens (tertiary/aromatic N) is 5. The molecule has 0 aliphatic heterocycles. The van der Waals surface area contributed by atoms with Crippen molar-refractivity contribution in [2.45, 2.75) is 6.54 Å². The summed E-state index contributed by atoms with van der Waals surface area (Å²) in [6, 6.07) is 12.1. The Kier molecular flexibility index (Phi) is 5.71. The van der Waals surface area contributed by atoms with Gasteiger partial charge in [-0.15, -0.1) is 5.10 Å². The molecule has 11 heteroatoms. The molecule has 0 fully saturated rings. The summed E-state index contributed by atoms with van der Waals surface area (Å²) in [6.07, 6.45) is 1.29. The fourth-order valence-electron chi connectivity index (χ4n) is 3.14. The van der Waals surface area contributed by atoms with Gasteiger partial charge in [-0.2, -0.15) is 4.68 Å². The van der Waals surface area contributed by atoms with Crippen molar-refractivity contribution >= 4 is 22.8 Å². The number of amides is 1. The topological polar surface area (TPSA) is 122 Å². The van der Waals surface area contributed by atoms with Gasteiger partial charge < -0.3 is 19.5 Å². The number of benzene rings is 2. The fourth-order valence-corrected chi connectivity index (χ4v) is 3.14. The van der Waals surface area contributed by atoms with Gasteiger partial charge in [0.15, 0.2) is 22.7 Å². The van der Waals surface area contributed by atoms with E-state index in [-0.39, 0.29) is 17.7 Å². The second kappa shape index (κ2) is 8.76. The number of carbonyl (C=O) groups is 1. The van der Waals surface area contributed by atoms with Crippen LogP contribution < -0.4 is 25.1 Å². The Morgan fingerprint density at radius 3 is 2.59 bits per heavy atom. The SMILES string of the molecule is COc1cccc(-n2nnc3c(=O)n(CC(=O)Nc4ccc(OC)c(OC)c4)cnc32)c1. The average molecular weight is 436 g/mol. The van der Waals surface area contributed by atoms with E-state index in [1.165, 1.54) is 29.8 Å². The van der Waals surface area contributed by atoms with Crippen LogP contribution in [0.3, 0.4) is 0 Å². The summed E-state index contributed by atoms with van der Waals surface area (Å²) < 4.78 is 18.2. The molecule has 4 aromatic rings. The average Bonchev–Trinajstić information content (AvgIpc) is 3.25. The van der Waals surface area contributed by atoms with Crippen LogP contribution in [0.4, 0.5) is 5.69 Å². The van der Waals surface area contributed by atoms with Gasteiger partial charge in [0.2, 0.25) is 5.91 Å². The molecule has 1 N–H and O–H groups in total. The molecule has 11 nitrogen and oxygen atoms in total. The van der Waals surface area contributed by atoms with Crippen LogP contribution in [-0.4, -0.2) is 51.8 Å². The molecule has 0 aliphatic rings. The molecule has 4 rings (SSSR count). The highest BCUT2D eigenvalue weighted by molar-refractivity contribution is 5.91. The first-order chi connectivity index (χ1) is 15.5. The molecule has 0 atom stereocenters. The molecule has 0 saturated heterocycles. The molecule has 2 aromatic carbocycles. The normalized spacial score (nSPS) is 10.7. The predicted octanol–water partition coefficient (Wildman–Crippen LogP) is 1.64. The Labute approximate surface area is 182 Å². The number of anilines is 1. The maximum absolute atomic E-state index is 12.8. The molecular weight excluding hydrogens is 416 g/mol. The zero-order chi connectivity index (χ0) is 22.7. The fraction of sp³-hybridized carbons (Fsp3) is 0.190. The lowest BCUT2D eigenvalue weighted by Crippen LogP contribution is -2.28. The number of methoxy groups -OCH3 is 3. The van der Waals surface area contributed by atoms with Crippen molar-refractivity contribution in [1.82, 2.24) is 24.5 Å². The number of carbonyl (C=O) groups excluding carboxylic acids is 1. The molecule has 0 spiro atoms. The van der Waals surface area contributed by atoms with E-state index in [4.69, 9.17) is 14.2 Å². The zero-order valence-electron chi connectivity index (χ0n) is 17.6. The van der Waals surface area contributed by atoms with E-state index in [1.54, 1.807) is 49.6 Å². The van der Waals surface area contributed by atoms with E-state index in [9.17, 15) is 9.59 Å². The minimum absolute atomic E-state index is 0.0502. The molecule has 0 aliphatic carbocycles. The van der Waals surface area contributed by atoms with Crippen molar-refractivity contribution in [2.75, 3.05) is 26.6 Å². The summed E-state index contributed by atoms with van der Waals surface area (Å²) in [5.41, 5.74) is 0.988. The van der Waals surface area contributed by atoms with Gasteiger partial charge in [0.1, 0.15) is 18.6 Å². The van der Waals surface area contributed by atoms with E-state index in [0.29, 0.717) is 28.6 Å². The molecule has 2 heterocycles. The van der Waals surface area contributed by atoms with E-state index in [2.05, 4.69) is 20.6 Å². The van der Waals surface area contributed by atoms with Gasteiger partial charge in [-0.1, -0.05) is 11.3 Å². The number of hydrogen-bond acceptors (Lipinski definition) is 8. The number of ether oxygens (including phenoxy) is 3. The van der Waals surface area contributed by atoms with Crippen LogP contribution in [0.15, 0.2) is 53.6 Å². The second-order valence-corrected chi connectivity index (χ2v) is 6.67. The summed E-state index contributed by atoms with van der Waals surface area (Å²) in [7, 11) is 4.58. The van der Waals surface area contributed by atoms with Crippen LogP contribution in [0, 0.1) is 0 Å². The quantitative estimate of drug-likeness (QED) is 0.464. The molecule has 0 bridgehead atoms. The van der Waals surface area contributed by atoms with Crippen LogP contribution in [0.2, 0.25) is 0 Å². The van der Waals surface area contributed by atoms with Crippen molar-refractivity contribution in [2.24, 2.45) is 0 Å². The Morgan fingerprint density at radius 1 is 1.03 bits per heavy atom. The van der Waals surface area contributed by atoms with E-state index < -0.39 is 11.5 Å². The first kappa shape index (κ1) is 20.8. The predicted molar refractivity (Wildman–Crippen MR) is 116 cm³/mol. The van der Waals surface area contributed by atoms with Crippen LogP contribution in [-0.2, 0) is 11.3 Å². The maximum atomic E-state index is 12.8. The van der Waals surface area contributed by atoms with Crippen molar-refractivity contribution in [3.8, 4) is 22.9 Å². The third-order valence-corrected chi connectivity index (χ3v) is 4.71. The Morgan fingerprint density at radius 2 is 1.84 bits per heavy atom. The van der Waals surface area contributed by atoms with E-state index >= 15 is 0 Å². The number of fused-ring (bicyclic) bond motifs is 1. The van der Waals surface area contributed by atoms with Gasteiger partial charge in [0.05, 0.1) is 27.0 Å². The van der Waals surface area contributed by atoms with Crippen molar-refractivity contribution < 1.29 is 19.0 Å². The molecule has 0 radical (unpaired) electrons. The molecule has 0 saturated carbocycles. The van der Waals surface area contributed by atoms with Gasteiger partial charge in [0.25, 0.3) is 5.56 Å².